The fraction of sp³-hybridized carbons (Fsp3) is 0.143. The van der Waals surface area contributed by atoms with E-state index in [-0.39, 0.29) is 10.8 Å². The Morgan fingerprint density at radius 2 is 2.27 bits per heavy atom. The highest BCUT2D eigenvalue weighted by molar-refractivity contribution is 6.32. The Morgan fingerprint density at radius 1 is 1.55 bits per heavy atom. The van der Waals surface area contributed by atoms with E-state index < -0.39 is 12.6 Å². The number of aliphatic hydroxyl groups is 1. The molecule has 0 aromatic heterocycles. The monoisotopic (exact) mass is 176 g/mol. The van der Waals surface area contributed by atoms with Crippen LogP contribution in [0.2, 0.25) is 5.02 Å². The van der Waals surface area contributed by atoms with Crippen LogP contribution in [0.25, 0.3) is 0 Å². The summed E-state index contributed by atoms with van der Waals surface area (Å²) in [6, 6.07) is 3.68. The van der Waals surface area contributed by atoms with Crippen LogP contribution in [0.15, 0.2) is 18.2 Å². The summed E-state index contributed by atoms with van der Waals surface area (Å²) < 4.78 is 17.0. The smallest absolute Gasteiger partial charge is 0.186 e. The second-order valence-electron chi connectivity index (χ2n) is 1.85. The molecule has 2 nitrogen and oxygen atoms in total. The summed E-state index contributed by atoms with van der Waals surface area (Å²) in [4.78, 5) is 0. The zero-order valence-corrected chi connectivity index (χ0v) is 6.31. The van der Waals surface area contributed by atoms with Gasteiger partial charge in [0, 0.05) is 0 Å². The Kier molecular flexibility index (Phi) is 2.68. The van der Waals surface area contributed by atoms with Crippen molar-refractivity contribution < 1.29 is 14.2 Å². The number of halogens is 2. The van der Waals surface area contributed by atoms with Crippen molar-refractivity contribution in [3.8, 4) is 5.75 Å². The maximum Gasteiger partial charge on any atom is 0.186 e. The number of hydrogen-bond acceptors (Lipinski definition) is 2. The highest BCUT2D eigenvalue weighted by Crippen LogP contribution is 2.24. The quantitative estimate of drug-likeness (QED) is 0.697. The summed E-state index contributed by atoms with van der Waals surface area (Å²) in [6.45, 7) is -0.467. The topological polar surface area (TPSA) is 29.5 Å². The fourth-order valence-corrected chi connectivity index (χ4v) is 0.884. The molecule has 11 heavy (non-hydrogen) atoms. The summed E-state index contributed by atoms with van der Waals surface area (Å²) in [5.41, 5.74) is 0. The molecule has 4 heteroatoms. The number of benzene rings is 1. The van der Waals surface area contributed by atoms with E-state index in [0.29, 0.717) is 0 Å². The largest absolute Gasteiger partial charge is 0.466 e. The Hall–Kier alpha value is -0.800. The molecule has 1 N–H and O–H groups in total. The van der Waals surface area contributed by atoms with Crippen LogP contribution < -0.4 is 4.74 Å². The molecule has 60 valence electrons. The Bertz CT molecular complexity index is 252. The van der Waals surface area contributed by atoms with Gasteiger partial charge in [-0.3, -0.25) is 0 Å². The van der Waals surface area contributed by atoms with E-state index in [1.807, 2.05) is 0 Å². The van der Waals surface area contributed by atoms with E-state index in [9.17, 15) is 4.39 Å². The molecular weight excluding hydrogens is 171 g/mol. The molecule has 1 rings (SSSR count). The van der Waals surface area contributed by atoms with Gasteiger partial charge in [-0.1, -0.05) is 11.6 Å². The molecule has 0 heterocycles. The van der Waals surface area contributed by atoms with Gasteiger partial charge in [0.15, 0.2) is 6.79 Å². The van der Waals surface area contributed by atoms with Crippen LogP contribution in [0.1, 0.15) is 0 Å². The lowest BCUT2D eigenvalue weighted by molar-refractivity contribution is 0.0985. The van der Waals surface area contributed by atoms with Crippen LogP contribution >= 0.6 is 11.6 Å². The van der Waals surface area contributed by atoms with Crippen molar-refractivity contribution >= 4 is 11.6 Å². The lowest BCUT2D eigenvalue weighted by Gasteiger charge is -2.02. The van der Waals surface area contributed by atoms with Crippen LogP contribution in [-0.2, 0) is 0 Å². The molecule has 0 spiro atoms. The molecule has 0 aliphatic rings. The van der Waals surface area contributed by atoms with Crippen LogP contribution in [0, 0.1) is 5.82 Å². The summed E-state index contributed by atoms with van der Waals surface area (Å²) in [5, 5.41) is 8.49. The molecule has 0 bridgehead atoms. The molecule has 0 saturated carbocycles. The lowest BCUT2D eigenvalue weighted by atomic mass is 10.3. The minimum atomic E-state index is -0.467. The molecule has 1 aromatic rings. The van der Waals surface area contributed by atoms with Crippen molar-refractivity contribution in [2.75, 3.05) is 6.79 Å². The molecule has 0 unspecified atom stereocenters. The molecule has 0 radical (unpaired) electrons. The first-order valence-electron chi connectivity index (χ1n) is 2.93. The third kappa shape index (κ3) is 2.06. The van der Waals surface area contributed by atoms with Gasteiger partial charge in [-0.05, 0) is 18.2 Å². The van der Waals surface area contributed by atoms with E-state index in [1.165, 1.54) is 12.1 Å². The maximum absolute atomic E-state index is 12.4. The predicted molar refractivity (Wildman–Crippen MR) is 39.1 cm³/mol. The van der Waals surface area contributed by atoms with Gasteiger partial charge in [0.25, 0.3) is 0 Å². The van der Waals surface area contributed by atoms with Gasteiger partial charge in [-0.2, -0.15) is 0 Å². The van der Waals surface area contributed by atoms with Crippen molar-refractivity contribution in [2.24, 2.45) is 0 Å². The molecule has 0 aliphatic carbocycles. The van der Waals surface area contributed by atoms with E-state index in [2.05, 4.69) is 4.74 Å². The minimum Gasteiger partial charge on any atom is -0.466 e. The van der Waals surface area contributed by atoms with Gasteiger partial charge in [0.2, 0.25) is 0 Å². The number of rotatable bonds is 2. The van der Waals surface area contributed by atoms with Gasteiger partial charge in [0.1, 0.15) is 11.6 Å². The third-order valence-corrected chi connectivity index (χ3v) is 1.41. The number of aliphatic hydroxyl groups excluding tert-OH is 1. The Morgan fingerprint density at radius 3 is 2.82 bits per heavy atom. The highest BCUT2D eigenvalue weighted by atomic mass is 35.5. The molecule has 0 fully saturated rings. The average Bonchev–Trinajstić information content (AvgIpc) is 1.95. The van der Waals surface area contributed by atoms with E-state index >= 15 is 0 Å². The minimum absolute atomic E-state index is 0.152. The van der Waals surface area contributed by atoms with Crippen molar-refractivity contribution in [3.05, 3.63) is 29.0 Å². The molecule has 1 aromatic carbocycles. The van der Waals surface area contributed by atoms with E-state index in [4.69, 9.17) is 16.7 Å². The molecule has 0 saturated heterocycles. The summed E-state index contributed by atoms with van der Waals surface area (Å²) >= 11 is 5.53. The second-order valence-corrected chi connectivity index (χ2v) is 2.26. The first-order valence-corrected chi connectivity index (χ1v) is 3.30. The lowest BCUT2D eigenvalue weighted by Crippen LogP contribution is -1.95. The van der Waals surface area contributed by atoms with Crippen LogP contribution in [0.3, 0.4) is 0 Å². The van der Waals surface area contributed by atoms with Gasteiger partial charge in [0.05, 0.1) is 5.02 Å². The fourth-order valence-electron chi connectivity index (χ4n) is 0.662. The van der Waals surface area contributed by atoms with Crippen molar-refractivity contribution in [1.29, 1.82) is 0 Å². The van der Waals surface area contributed by atoms with Gasteiger partial charge in [-0.15, -0.1) is 0 Å². The normalized spacial score (nSPS) is 9.73. The van der Waals surface area contributed by atoms with Crippen LogP contribution in [0.4, 0.5) is 4.39 Å². The molecule has 0 aliphatic heterocycles. The first kappa shape index (κ1) is 8.30. The summed E-state index contributed by atoms with van der Waals surface area (Å²) in [5.74, 6) is -0.157. The standard InChI is InChI=1S/C7H6ClFO2/c8-6-3-5(9)1-2-7(6)11-4-10/h1-3,10H,4H2. The number of ether oxygens (including phenoxy) is 1. The summed E-state index contributed by atoms with van der Waals surface area (Å²) in [6.07, 6.45) is 0. The predicted octanol–water partition coefficient (Wildman–Crippen LogP) is 1.81. The van der Waals surface area contributed by atoms with Gasteiger partial charge in [-0.25, -0.2) is 4.39 Å². The van der Waals surface area contributed by atoms with E-state index in [1.54, 1.807) is 0 Å². The SMILES string of the molecule is OCOc1ccc(F)cc1Cl. The summed E-state index contributed by atoms with van der Waals surface area (Å²) in [7, 11) is 0. The first-order chi connectivity index (χ1) is 5.24. The maximum atomic E-state index is 12.4. The number of hydrogen-bond donors (Lipinski definition) is 1. The molecule has 0 amide bonds. The molecular formula is C7H6ClFO2. The van der Waals surface area contributed by atoms with Crippen molar-refractivity contribution in [3.63, 3.8) is 0 Å². The Balaban J connectivity index is 2.90. The highest BCUT2D eigenvalue weighted by Gasteiger charge is 2.00. The van der Waals surface area contributed by atoms with Crippen molar-refractivity contribution in [2.45, 2.75) is 0 Å². The van der Waals surface area contributed by atoms with Crippen molar-refractivity contribution in [1.82, 2.24) is 0 Å². The average molecular weight is 177 g/mol. The zero-order chi connectivity index (χ0) is 8.27. The van der Waals surface area contributed by atoms with Crippen LogP contribution in [-0.4, -0.2) is 11.9 Å². The molecule has 0 atom stereocenters. The second kappa shape index (κ2) is 3.55. The third-order valence-electron chi connectivity index (χ3n) is 1.11. The van der Waals surface area contributed by atoms with Crippen LogP contribution in [0.5, 0.6) is 5.75 Å². The van der Waals surface area contributed by atoms with Gasteiger partial charge < -0.3 is 9.84 Å². The van der Waals surface area contributed by atoms with E-state index in [0.717, 1.165) is 6.07 Å². The Labute approximate surface area is 68.2 Å². The van der Waals surface area contributed by atoms with Gasteiger partial charge >= 0.3 is 0 Å². The zero-order valence-electron chi connectivity index (χ0n) is 5.55.